The highest BCUT2D eigenvalue weighted by Gasteiger charge is 2.44. The second kappa shape index (κ2) is 3.20. The van der Waals surface area contributed by atoms with E-state index in [2.05, 4.69) is 30.9 Å². The lowest BCUT2D eigenvalue weighted by Crippen LogP contribution is -2.52. The van der Waals surface area contributed by atoms with E-state index in [0.29, 0.717) is 6.10 Å². The molecule has 0 aromatic heterocycles. The highest BCUT2D eigenvalue weighted by molar-refractivity contribution is 8.01. The minimum absolute atomic E-state index is 0.248. The second-order valence-corrected chi connectivity index (χ2v) is 5.57. The smallest absolute Gasteiger partial charge is 0.0931 e. The van der Waals surface area contributed by atoms with Crippen molar-refractivity contribution in [1.82, 2.24) is 5.32 Å². The van der Waals surface area contributed by atoms with E-state index < -0.39 is 0 Å². The predicted octanol–water partition coefficient (Wildman–Crippen LogP) is 1.61. The number of rotatable bonds is 0. The van der Waals surface area contributed by atoms with Crippen LogP contribution >= 0.6 is 11.8 Å². The molecular weight excluding hydrogens is 170 g/mol. The van der Waals surface area contributed by atoms with Crippen LogP contribution in [0.3, 0.4) is 0 Å². The Kier molecular flexibility index (Phi) is 2.36. The van der Waals surface area contributed by atoms with Crippen molar-refractivity contribution in [2.24, 2.45) is 0 Å². The molecule has 0 saturated carbocycles. The minimum Gasteiger partial charge on any atom is -0.376 e. The fourth-order valence-corrected chi connectivity index (χ4v) is 3.66. The Bertz CT molecular complexity index is 176. The predicted molar refractivity (Wildman–Crippen MR) is 52.4 cm³/mol. The first-order chi connectivity index (χ1) is 5.73. The number of ether oxygens (including phenoxy) is 1. The molecule has 3 atom stereocenters. The van der Waals surface area contributed by atoms with Crippen LogP contribution < -0.4 is 5.32 Å². The van der Waals surface area contributed by atoms with Gasteiger partial charge in [-0.25, -0.2) is 0 Å². The average Bonchev–Trinajstić information content (AvgIpc) is 2.33. The first-order valence-corrected chi connectivity index (χ1v) is 5.65. The lowest BCUT2D eigenvalue weighted by Gasteiger charge is -2.39. The summed E-state index contributed by atoms with van der Waals surface area (Å²) in [5.74, 6) is 0. The van der Waals surface area contributed by atoms with Gasteiger partial charge in [-0.2, -0.15) is 0 Å². The Labute approximate surface area is 78.4 Å². The SMILES string of the molecule is CC1CCNC2(CCOC2C)S1. The van der Waals surface area contributed by atoms with Gasteiger partial charge in [0.05, 0.1) is 11.0 Å². The third-order valence-corrected chi connectivity index (χ3v) is 4.62. The maximum absolute atomic E-state index is 5.61. The molecule has 70 valence electrons. The van der Waals surface area contributed by atoms with Gasteiger partial charge in [0.2, 0.25) is 0 Å². The number of thioether (sulfide) groups is 1. The van der Waals surface area contributed by atoms with Crippen molar-refractivity contribution in [3.63, 3.8) is 0 Å². The van der Waals surface area contributed by atoms with Gasteiger partial charge < -0.3 is 10.1 Å². The molecule has 2 heterocycles. The molecule has 2 rings (SSSR count). The van der Waals surface area contributed by atoms with Crippen LogP contribution in [0.4, 0.5) is 0 Å². The summed E-state index contributed by atoms with van der Waals surface area (Å²) in [6, 6.07) is 0. The van der Waals surface area contributed by atoms with Gasteiger partial charge in [0.25, 0.3) is 0 Å². The first kappa shape index (κ1) is 8.85. The van der Waals surface area contributed by atoms with Crippen LogP contribution in [0, 0.1) is 0 Å². The van der Waals surface area contributed by atoms with Crippen molar-refractivity contribution in [3.8, 4) is 0 Å². The molecule has 0 amide bonds. The van der Waals surface area contributed by atoms with Crippen molar-refractivity contribution in [1.29, 1.82) is 0 Å². The van der Waals surface area contributed by atoms with E-state index in [1.165, 1.54) is 12.8 Å². The minimum atomic E-state index is 0.248. The summed E-state index contributed by atoms with van der Waals surface area (Å²) in [5.41, 5.74) is 0. The van der Waals surface area contributed by atoms with Gasteiger partial charge in [-0.1, -0.05) is 6.92 Å². The lowest BCUT2D eigenvalue weighted by molar-refractivity contribution is 0.105. The molecule has 12 heavy (non-hydrogen) atoms. The fourth-order valence-electron chi connectivity index (χ4n) is 2.06. The van der Waals surface area contributed by atoms with Gasteiger partial charge >= 0.3 is 0 Å². The van der Waals surface area contributed by atoms with Crippen LogP contribution in [0.1, 0.15) is 26.7 Å². The topological polar surface area (TPSA) is 21.3 Å². The largest absolute Gasteiger partial charge is 0.376 e. The molecule has 3 heteroatoms. The van der Waals surface area contributed by atoms with Crippen molar-refractivity contribution in [2.45, 2.75) is 42.9 Å². The van der Waals surface area contributed by atoms with Crippen LogP contribution in [-0.2, 0) is 4.74 Å². The van der Waals surface area contributed by atoms with E-state index in [4.69, 9.17) is 4.74 Å². The van der Waals surface area contributed by atoms with E-state index in [-0.39, 0.29) is 4.87 Å². The summed E-state index contributed by atoms with van der Waals surface area (Å²) in [6.07, 6.45) is 2.84. The van der Waals surface area contributed by atoms with Gasteiger partial charge in [0.15, 0.2) is 0 Å². The van der Waals surface area contributed by atoms with Gasteiger partial charge in [0, 0.05) is 18.3 Å². The third kappa shape index (κ3) is 1.38. The van der Waals surface area contributed by atoms with Crippen LogP contribution in [0.2, 0.25) is 0 Å². The Balaban J connectivity index is 2.08. The van der Waals surface area contributed by atoms with E-state index in [1.807, 2.05) is 0 Å². The van der Waals surface area contributed by atoms with Gasteiger partial charge in [0.1, 0.15) is 0 Å². The summed E-state index contributed by atoms with van der Waals surface area (Å²) >= 11 is 2.07. The van der Waals surface area contributed by atoms with E-state index in [1.54, 1.807) is 0 Å². The summed E-state index contributed by atoms with van der Waals surface area (Å²) in [4.78, 5) is 0.248. The van der Waals surface area contributed by atoms with Crippen LogP contribution in [0.15, 0.2) is 0 Å². The van der Waals surface area contributed by atoms with E-state index >= 15 is 0 Å². The van der Waals surface area contributed by atoms with Crippen molar-refractivity contribution < 1.29 is 4.74 Å². The van der Waals surface area contributed by atoms with Crippen LogP contribution in [-0.4, -0.2) is 29.4 Å². The summed E-state index contributed by atoms with van der Waals surface area (Å²) < 4.78 is 5.61. The Morgan fingerprint density at radius 2 is 2.33 bits per heavy atom. The zero-order chi connectivity index (χ0) is 8.60. The second-order valence-electron chi connectivity index (χ2n) is 3.80. The Morgan fingerprint density at radius 3 is 2.92 bits per heavy atom. The van der Waals surface area contributed by atoms with Crippen molar-refractivity contribution in [2.75, 3.05) is 13.2 Å². The van der Waals surface area contributed by atoms with Gasteiger partial charge in [-0.3, -0.25) is 0 Å². The molecule has 2 aliphatic rings. The quantitative estimate of drug-likeness (QED) is 0.622. The Hall–Kier alpha value is 0.270. The van der Waals surface area contributed by atoms with E-state index in [0.717, 1.165) is 18.4 Å². The molecule has 2 saturated heterocycles. The van der Waals surface area contributed by atoms with Crippen molar-refractivity contribution >= 4 is 11.8 Å². The third-order valence-electron chi connectivity index (χ3n) is 2.88. The molecule has 0 radical (unpaired) electrons. The number of nitrogens with one attached hydrogen (secondary N) is 1. The highest BCUT2D eigenvalue weighted by Crippen LogP contribution is 2.42. The number of hydrogen-bond acceptors (Lipinski definition) is 3. The Morgan fingerprint density at radius 1 is 1.50 bits per heavy atom. The lowest BCUT2D eigenvalue weighted by atomic mass is 10.1. The van der Waals surface area contributed by atoms with Gasteiger partial charge in [-0.05, 0) is 19.9 Å². The molecule has 1 N–H and O–H groups in total. The molecule has 1 spiro atoms. The van der Waals surface area contributed by atoms with Crippen molar-refractivity contribution in [3.05, 3.63) is 0 Å². The fraction of sp³-hybridized carbons (Fsp3) is 1.00. The molecule has 2 aliphatic heterocycles. The molecule has 0 aromatic rings. The standard InChI is InChI=1S/C9H17NOS/c1-7-3-5-10-9(12-7)4-6-11-8(9)2/h7-8,10H,3-6H2,1-2H3. The molecular formula is C9H17NOS. The molecule has 0 bridgehead atoms. The molecule has 2 fully saturated rings. The van der Waals surface area contributed by atoms with Crippen LogP contribution in [0.5, 0.6) is 0 Å². The summed E-state index contributed by atoms with van der Waals surface area (Å²) in [7, 11) is 0. The van der Waals surface area contributed by atoms with Crippen LogP contribution in [0.25, 0.3) is 0 Å². The average molecular weight is 187 g/mol. The molecule has 0 aromatic carbocycles. The normalized spacial score (nSPS) is 48.5. The maximum atomic E-state index is 5.61. The summed E-state index contributed by atoms with van der Waals surface area (Å²) in [6.45, 7) is 6.58. The van der Waals surface area contributed by atoms with Gasteiger partial charge in [-0.15, -0.1) is 11.8 Å². The molecule has 3 unspecified atom stereocenters. The maximum Gasteiger partial charge on any atom is 0.0931 e. The number of hydrogen-bond donors (Lipinski definition) is 1. The molecule has 2 nitrogen and oxygen atoms in total. The summed E-state index contributed by atoms with van der Waals surface area (Å²) in [5, 5.41) is 4.40. The zero-order valence-corrected chi connectivity index (χ0v) is 8.62. The monoisotopic (exact) mass is 187 g/mol. The zero-order valence-electron chi connectivity index (χ0n) is 7.80. The van der Waals surface area contributed by atoms with E-state index in [9.17, 15) is 0 Å². The highest BCUT2D eigenvalue weighted by atomic mass is 32.2. The first-order valence-electron chi connectivity index (χ1n) is 4.77. The molecule has 0 aliphatic carbocycles.